The van der Waals surface area contributed by atoms with E-state index in [1.54, 1.807) is 0 Å². The molecule has 0 fully saturated rings. The molecule has 0 aliphatic rings. The van der Waals surface area contributed by atoms with Crippen molar-refractivity contribution in [2.24, 2.45) is 5.92 Å². The van der Waals surface area contributed by atoms with Crippen LogP contribution in [0.25, 0.3) is 0 Å². The Morgan fingerprint density at radius 1 is 1.25 bits per heavy atom. The fraction of sp³-hybridized carbons (Fsp3) is 0.857. The van der Waals surface area contributed by atoms with Crippen molar-refractivity contribution >= 4 is 0 Å². The molecule has 0 bridgehead atoms. The van der Waals surface area contributed by atoms with Crippen molar-refractivity contribution in [3.05, 3.63) is 12.2 Å². The Bertz CT molecular complexity index is 183. The van der Waals surface area contributed by atoms with Gasteiger partial charge in [-0.2, -0.15) is 0 Å². The molecule has 2 nitrogen and oxygen atoms in total. The summed E-state index contributed by atoms with van der Waals surface area (Å²) in [7, 11) is 1.98. The Balaban J connectivity index is 4.34. The van der Waals surface area contributed by atoms with E-state index in [2.05, 4.69) is 44.5 Å². The molecular weight excluding hydrogens is 196 g/mol. The van der Waals surface area contributed by atoms with Gasteiger partial charge in [0, 0.05) is 25.7 Å². The van der Waals surface area contributed by atoms with E-state index in [0.29, 0.717) is 6.04 Å². The lowest BCUT2D eigenvalue weighted by atomic mass is 10.1. The SMILES string of the molecule is C=C(CNC)CN(CC(C)C)C(CC)CC. The standard InChI is InChI=1S/C14H30N2/c1-7-14(8-2)16(10-12(3)4)11-13(5)9-15-6/h12,14-15H,5,7-11H2,1-4,6H3. The van der Waals surface area contributed by atoms with Gasteiger partial charge in [0.15, 0.2) is 0 Å². The molecule has 0 aromatic carbocycles. The normalized spacial score (nSPS) is 11.8. The van der Waals surface area contributed by atoms with Crippen LogP contribution in [-0.4, -0.2) is 37.6 Å². The number of likely N-dealkylation sites (N-methyl/N-ethyl adjacent to an activating group) is 1. The largest absolute Gasteiger partial charge is 0.316 e. The van der Waals surface area contributed by atoms with Gasteiger partial charge in [-0.1, -0.05) is 34.3 Å². The molecule has 16 heavy (non-hydrogen) atoms. The molecule has 0 aliphatic carbocycles. The van der Waals surface area contributed by atoms with E-state index in [-0.39, 0.29) is 0 Å². The zero-order chi connectivity index (χ0) is 12.6. The second kappa shape index (κ2) is 8.77. The lowest BCUT2D eigenvalue weighted by Gasteiger charge is -2.32. The summed E-state index contributed by atoms with van der Waals surface area (Å²) >= 11 is 0. The van der Waals surface area contributed by atoms with Crippen LogP contribution in [0, 0.1) is 5.92 Å². The van der Waals surface area contributed by atoms with Gasteiger partial charge in [0.2, 0.25) is 0 Å². The van der Waals surface area contributed by atoms with Crippen LogP contribution in [0.2, 0.25) is 0 Å². The first kappa shape index (κ1) is 15.7. The molecule has 0 atom stereocenters. The van der Waals surface area contributed by atoms with Crippen LogP contribution < -0.4 is 5.32 Å². The van der Waals surface area contributed by atoms with Crippen LogP contribution in [0.5, 0.6) is 0 Å². The first-order valence-electron chi connectivity index (χ1n) is 6.60. The molecule has 0 spiro atoms. The van der Waals surface area contributed by atoms with Gasteiger partial charge < -0.3 is 5.32 Å². The zero-order valence-corrected chi connectivity index (χ0v) is 11.8. The van der Waals surface area contributed by atoms with Crippen molar-refractivity contribution in [3.8, 4) is 0 Å². The Morgan fingerprint density at radius 3 is 2.19 bits per heavy atom. The molecular formula is C14H30N2. The second-order valence-electron chi connectivity index (χ2n) is 5.07. The van der Waals surface area contributed by atoms with E-state index in [1.807, 2.05) is 7.05 Å². The smallest absolute Gasteiger partial charge is 0.0205 e. The van der Waals surface area contributed by atoms with E-state index < -0.39 is 0 Å². The minimum atomic E-state index is 0.705. The highest BCUT2D eigenvalue weighted by Gasteiger charge is 2.16. The highest BCUT2D eigenvalue weighted by molar-refractivity contribution is 5.00. The minimum Gasteiger partial charge on any atom is -0.316 e. The molecule has 0 aliphatic heterocycles. The summed E-state index contributed by atoms with van der Waals surface area (Å²) in [4.78, 5) is 2.59. The van der Waals surface area contributed by atoms with Crippen LogP contribution in [0.3, 0.4) is 0 Å². The number of hydrogen-bond acceptors (Lipinski definition) is 2. The number of nitrogens with zero attached hydrogens (tertiary/aromatic N) is 1. The summed E-state index contributed by atoms with van der Waals surface area (Å²) in [6.45, 7) is 16.4. The Morgan fingerprint density at radius 2 is 1.81 bits per heavy atom. The number of rotatable bonds is 9. The van der Waals surface area contributed by atoms with E-state index >= 15 is 0 Å². The van der Waals surface area contributed by atoms with Gasteiger partial charge >= 0.3 is 0 Å². The third-order valence-electron chi connectivity index (χ3n) is 2.91. The first-order chi connectivity index (χ1) is 7.54. The van der Waals surface area contributed by atoms with Crippen molar-refractivity contribution in [1.82, 2.24) is 10.2 Å². The Hall–Kier alpha value is -0.340. The third-order valence-corrected chi connectivity index (χ3v) is 2.91. The molecule has 0 rings (SSSR count). The summed E-state index contributed by atoms with van der Waals surface area (Å²) < 4.78 is 0. The predicted octanol–water partition coefficient (Wildman–Crippen LogP) is 2.91. The molecule has 0 amide bonds. The lowest BCUT2D eigenvalue weighted by Crippen LogP contribution is -2.39. The maximum Gasteiger partial charge on any atom is 0.0205 e. The summed E-state index contributed by atoms with van der Waals surface area (Å²) in [6, 6.07) is 0.705. The molecule has 0 aromatic rings. The molecule has 0 saturated heterocycles. The maximum absolute atomic E-state index is 4.14. The first-order valence-corrected chi connectivity index (χ1v) is 6.60. The van der Waals surface area contributed by atoms with Crippen molar-refractivity contribution in [2.75, 3.05) is 26.7 Å². The molecule has 0 aromatic heterocycles. The summed E-state index contributed by atoms with van der Waals surface area (Å²) in [5, 5.41) is 3.17. The monoisotopic (exact) mass is 226 g/mol. The average molecular weight is 226 g/mol. The molecule has 2 heteroatoms. The maximum atomic E-state index is 4.14. The summed E-state index contributed by atoms with van der Waals surface area (Å²) in [5.41, 5.74) is 1.29. The minimum absolute atomic E-state index is 0.705. The van der Waals surface area contributed by atoms with Crippen molar-refractivity contribution in [3.63, 3.8) is 0 Å². The molecule has 0 radical (unpaired) electrons. The van der Waals surface area contributed by atoms with Gasteiger partial charge in [0.25, 0.3) is 0 Å². The van der Waals surface area contributed by atoms with Gasteiger partial charge in [-0.15, -0.1) is 0 Å². The highest BCUT2D eigenvalue weighted by Crippen LogP contribution is 2.12. The third kappa shape index (κ3) is 6.29. The second-order valence-corrected chi connectivity index (χ2v) is 5.07. The van der Waals surface area contributed by atoms with E-state index in [1.165, 1.54) is 25.0 Å². The number of hydrogen-bond donors (Lipinski definition) is 1. The molecule has 0 heterocycles. The fourth-order valence-electron chi connectivity index (χ4n) is 2.21. The molecule has 0 saturated carbocycles. The highest BCUT2D eigenvalue weighted by atomic mass is 15.2. The van der Waals surface area contributed by atoms with Crippen LogP contribution in [-0.2, 0) is 0 Å². The van der Waals surface area contributed by atoms with Crippen molar-refractivity contribution < 1.29 is 0 Å². The van der Waals surface area contributed by atoms with Crippen LogP contribution >= 0.6 is 0 Å². The topological polar surface area (TPSA) is 15.3 Å². The predicted molar refractivity (Wildman–Crippen MR) is 73.8 cm³/mol. The van der Waals surface area contributed by atoms with Gasteiger partial charge in [-0.25, -0.2) is 0 Å². The quantitative estimate of drug-likeness (QED) is 0.608. The van der Waals surface area contributed by atoms with Crippen LogP contribution in [0.1, 0.15) is 40.5 Å². The van der Waals surface area contributed by atoms with Gasteiger partial charge in [0.1, 0.15) is 0 Å². The Kier molecular flexibility index (Phi) is 8.58. The van der Waals surface area contributed by atoms with Gasteiger partial charge in [-0.05, 0) is 31.4 Å². The van der Waals surface area contributed by atoms with Gasteiger partial charge in [0.05, 0.1) is 0 Å². The van der Waals surface area contributed by atoms with Crippen LogP contribution in [0.15, 0.2) is 12.2 Å². The summed E-state index contributed by atoms with van der Waals surface area (Å²) in [6.07, 6.45) is 2.46. The summed E-state index contributed by atoms with van der Waals surface area (Å²) in [5.74, 6) is 0.725. The molecule has 1 N–H and O–H groups in total. The lowest BCUT2D eigenvalue weighted by molar-refractivity contribution is 0.179. The Labute approximate surface area is 102 Å². The molecule has 96 valence electrons. The molecule has 0 unspecified atom stereocenters. The van der Waals surface area contributed by atoms with E-state index in [4.69, 9.17) is 0 Å². The van der Waals surface area contributed by atoms with Crippen molar-refractivity contribution in [2.45, 2.75) is 46.6 Å². The van der Waals surface area contributed by atoms with Crippen molar-refractivity contribution in [1.29, 1.82) is 0 Å². The van der Waals surface area contributed by atoms with E-state index in [0.717, 1.165) is 19.0 Å². The average Bonchev–Trinajstić information content (AvgIpc) is 2.18. The number of nitrogens with one attached hydrogen (secondary N) is 1. The van der Waals surface area contributed by atoms with Gasteiger partial charge in [-0.3, -0.25) is 4.90 Å². The van der Waals surface area contributed by atoms with E-state index in [9.17, 15) is 0 Å². The van der Waals surface area contributed by atoms with Crippen LogP contribution in [0.4, 0.5) is 0 Å². The zero-order valence-electron chi connectivity index (χ0n) is 11.8. The fourth-order valence-corrected chi connectivity index (χ4v) is 2.21.